The van der Waals surface area contributed by atoms with Crippen LogP contribution in [0, 0.1) is 0 Å². The second kappa shape index (κ2) is 6.32. The second-order valence-electron chi connectivity index (χ2n) is 3.77. The van der Waals surface area contributed by atoms with Crippen LogP contribution in [0.25, 0.3) is 0 Å². The number of unbranched alkanes of at least 4 members (excludes halogenated alkanes) is 2. The number of phenols is 2. The van der Waals surface area contributed by atoms with Gasteiger partial charge >= 0.3 is 0 Å². The fourth-order valence-electron chi connectivity index (χ4n) is 1.51. The molecule has 0 atom stereocenters. The average molecular weight is 237 g/mol. The highest BCUT2D eigenvalue weighted by atomic mass is 28.2. The van der Waals surface area contributed by atoms with E-state index in [0.717, 1.165) is 23.8 Å². The number of benzene rings is 1. The largest absolute Gasteiger partial charge is 0.504 e. The molecule has 3 N–H and O–H groups in total. The summed E-state index contributed by atoms with van der Waals surface area (Å²) in [5, 5.41) is 23.1. The predicted molar refractivity (Wildman–Crippen MR) is 71.7 cm³/mol. The molecule has 3 nitrogen and oxygen atoms in total. The van der Waals surface area contributed by atoms with E-state index in [0.29, 0.717) is 0 Å². The lowest BCUT2D eigenvalue weighted by Gasteiger charge is -2.11. The zero-order valence-electron chi connectivity index (χ0n) is 9.66. The van der Waals surface area contributed by atoms with Crippen molar-refractivity contribution in [2.75, 3.05) is 11.9 Å². The molecular weight excluding hydrogens is 218 g/mol. The first-order chi connectivity index (χ1) is 7.69. The summed E-state index contributed by atoms with van der Waals surface area (Å²) in [5.41, 5.74) is 0.899. The van der Waals surface area contributed by atoms with Crippen molar-refractivity contribution >= 4 is 26.2 Å². The van der Waals surface area contributed by atoms with Crippen LogP contribution in [0.4, 0.5) is 5.69 Å². The zero-order valence-corrected chi connectivity index (χ0v) is 10.8. The Bertz CT molecular complexity index is 366. The van der Waals surface area contributed by atoms with E-state index in [1.165, 1.54) is 12.8 Å². The van der Waals surface area contributed by atoms with Gasteiger partial charge in [0.25, 0.3) is 0 Å². The maximum absolute atomic E-state index is 9.42. The lowest BCUT2D eigenvalue weighted by atomic mass is 10.2. The lowest BCUT2D eigenvalue weighted by molar-refractivity contribution is 0.404. The molecule has 0 aromatic heterocycles. The third-order valence-electron chi connectivity index (χ3n) is 2.46. The van der Waals surface area contributed by atoms with Gasteiger partial charge in [-0.2, -0.15) is 0 Å². The van der Waals surface area contributed by atoms with Gasteiger partial charge in [-0.05, 0) is 17.7 Å². The molecule has 0 aliphatic carbocycles. The second-order valence-corrected chi connectivity index (χ2v) is 4.80. The van der Waals surface area contributed by atoms with Gasteiger partial charge in [0.05, 0.1) is 0 Å². The Hall–Kier alpha value is -1.29. The summed E-state index contributed by atoms with van der Waals surface area (Å²) in [6.07, 6.45) is 7.39. The standard InChI is InChI=1S/C12H19NO2Si/c1-3-4-5-6-13-9-7-10(14)11(15)8-12(9)16-2/h7-8,13-16H,2-6H2,1H3. The van der Waals surface area contributed by atoms with Crippen LogP contribution < -0.4 is 10.5 Å². The van der Waals surface area contributed by atoms with Gasteiger partial charge in [-0.3, -0.25) is 0 Å². The number of phenolic OH excluding ortho intramolecular Hbond substituents is 2. The fraction of sp³-hybridized carbons (Fsp3) is 0.417. The predicted octanol–water partition coefficient (Wildman–Crippen LogP) is 1.19. The molecule has 88 valence electrons. The van der Waals surface area contributed by atoms with Gasteiger partial charge in [0, 0.05) is 27.4 Å². The highest BCUT2D eigenvalue weighted by molar-refractivity contribution is 6.58. The topological polar surface area (TPSA) is 52.5 Å². The van der Waals surface area contributed by atoms with Crippen LogP contribution in [0.1, 0.15) is 26.2 Å². The molecular formula is C12H19NO2Si. The first kappa shape index (κ1) is 12.8. The van der Waals surface area contributed by atoms with Gasteiger partial charge in [-0.1, -0.05) is 19.8 Å². The number of hydrogen-bond donors (Lipinski definition) is 3. The molecule has 16 heavy (non-hydrogen) atoms. The minimum Gasteiger partial charge on any atom is -0.504 e. The summed E-state index contributed by atoms with van der Waals surface area (Å²) in [5.74, 6) is -0.139. The van der Waals surface area contributed by atoms with Gasteiger partial charge in [0.2, 0.25) is 0 Å². The van der Waals surface area contributed by atoms with E-state index < -0.39 is 0 Å². The Morgan fingerprint density at radius 3 is 2.56 bits per heavy atom. The average Bonchev–Trinajstić information content (AvgIpc) is 2.28. The zero-order chi connectivity index (χ0) is 12.0. The van der Waals surface area contributed by atoms with E-state index in [2.05, 4.69) is 18.4 Å². The van der Waals surface area contributed by atoms with Gasteiger partial charge in [0.15, 0.2) is 11.5 Å². The molecule has 0 bridgehead atoms. The van der Waals surface area contributed by atoms with Crippen molar-refractivity contribution in [3.05, 3.63) is 12.1 Å². The van der Waals surface area contributed by atoms with Crippen molar-refractivity contribution in [3.8, 4) is 11.5 Å². The van der Waals surface area contributed by atoms with Gasteiger partial charge in [-0.15, -0.1) is 6.17 Å². The van der Waals surface area contributed by atoms with Crippen LogP contribution in [0.3, 0.4) is 0 Å². The molecule has 0 heterocycles. The number of hydrogen-bond acceptors (Lipinski definition) is 3. The molecule has 0 saturated heterocycles. The first-order valence-corrected chi connectivity index (χ1v) is 7.00. The Morgan fingerprint density at radius 2 is 1.94 bits per heavy atom. The summed E-state index contributed by atoms with van der Waals surface area (Å²) in [6, 6.07) is 3.18. The van der Waals surface area contributed by atoms with Crippen LogP contribution in [0.2, 0.25) is 0 Å². The SMILES string of the molecule is C=[SiH]c1cc(O)c(O)cc1NCCCCC. The summed E-state index contributed by atoms with van der Waals surface area (Å²) < 4.78 is 0. The highest BCUT2D eigenvalue weighted by Gasteiger charge is 2.05. The molecule has 1 aromatic rings. The van der Waals surface area contributed by atoms with Crippen molar-refractivity contribution in [1.82, 2.24) is 0 Å². The summed E-state index contributed by atoms with van der Waals surface area (Å²) >= 11 is 0. The van der Waals surface area contributed by atoms with Crippen LogP contribution in [0.15, 0.2) is 12.1 Å². The molecule has 1 aromatic carbocycles. The Labute approximate surface area is 98.6 Å². The Balaban J connectivity index is 2.70. The molecule has 1 rings (SSSR count). The number of aromatic hydroxyl groups is 2. The minimum atomic E-state index is -0.124. The minimum absolute atomic E-state index is 0.0646. The first-order valence-electron chi connectivity index (χ1n) is 5.61. The maximum Gasteiger partial charge on any atom is 0.159 e. The van der Waals surface area contributed by atoms with E-state index in [1.54, 1.807) is 12.1 Å². The van der Waals surface area contributed by atoms with E-state index in [4.69, 9.17) is 0 Å². The van der Waals surface area contributed by atoms with Crippen LogP contribution >= 0.6 is 0 Å². The summed E-state index contributed by atoms with van der Waals surface area (Å²) in [7, 11) is -0.124. The smallest absolute Gasteiger partial charge is 0.159 e. The summed E-state index contributed by atoms with van der Waals surface area (Å²) in [6.45, 7) is 3.06. The van der Waals surface area contributed by atoms with Crippen LogP contribution in [-0.4, -0.2) is 32.1 Å². The number of nitrogens with one attached hydrogen (secondary N) is 1. The van der Waals surface area contributed by atoms with E-state index in [1.807, 2.05) is 0 Å². The summed E-state index contributed by atoms with van der Waals surface area (Å²) in [4.78, 5) is 0. The lowest BCUT2D eigenvalue weighted by Crippen LogP contribution is -2.15. The normalized spacial score (nSPS) is 10.1. The van der Waals surface area contributed by atoms with Crippen molar-refractivity contribution in [2.45, 2.75) is 26.2 Å². The Kier molecular flexibility index (Phi) is 5.05. The van der Waals surface area contributed by atoms with Gasteiger partial charge in [0.1, 0.15) is 0 Å². The van der Waals surface area contributed by atoms with Crippen molar-refractivity contribution < 1.29 is 10.2 Å². The maximum atomic E-state index is 9.42. The van der Waals surface area contributed by atoms with Crippen LogP contribution in [-0.2, 0) is 0 Å². The van der Waals surface area contributed by atoms with Crippen molar-refractivity contribution in [3.63, 3.8) is 0 Å². The highest BCUT2D eigenvalue weighted by Crippen LogP contribution is 2.25. The molecule has 0 spiro atoms. The number of anilines is 1. The third kappa shape index (κ3) is 3.38. The van der Waals surface area contributed by atoms with Crippen molar-refractivity contribution in [1.29, 1.82) is 0 Å². The van der Waals surface area contributed by atoms with E-state index in [9.17, 15) is 10.2 Å². The molecule has 0 aliphatic heterocycles. The molecule has 0 amide bonds. The number of rotatable bonds is 6. The van der Waals surface area contributed by atoms with E-state index >= 15 is 0 Å². The molecule has 0 aliphatic rings. The Morgan fingerprint density at radius 1 is 1.25 bits per heavy atom. The van der Waals surface area contributed by atoms with Gasteiger partial charge in [-0.25, -0.2) is 0 Å². The monoisotopic (exact) mass is 237 g/mol. The van der Waals surface area contributed by atoms with Crippen molar-refractivity contribution in [2.24, 2.45) is 0 Å². The molecule has 4 heteroatoms. The fourth-order valence-corrected chi connectivity index (χ4v) is 2.19. The molecule has 0 radical (unpaired) electrons. The molecule has 0 unspecified atom stereocenters. The van der Waals surface area contributed by atoms with Crippen LogP contribution in [0.5, 0.6) is 11.5 Å². The molecule has 0 saturated carbocycles. The van der Waals surface area contributed by atoms with E-state index in [-0.39, 0.29) is 20.6 Å². The van der Waals surface area contributed by atoms with Gasteiger partial charge < -0.3 is 15.5 Å². The quantitative estimate of drug-likeness (QED) is 0.301. The third-order valence-corrected chi connectivity index (χ3v) is 3.38. The molecule has 0 fully saturated rings.